The van der Waals surface area contributed by atoms with Gasteiger partial charge in [0.1, 0.15) is 0 Å². The van der Waals surface area contributed by atoms with Crippen molar-refractivity contribution >= 4 is 0 Å². The summed E-state index contributed by atoms with van der Waals surface area (Å²) in [4.78, 5) is 0. The highest BCUT2D eigenvalue weighted by molar-refractivity contribution is 5.03. The zero-order valence-electron chi connectivity index (χ0n) is 14.4. The molecule has 21 heavy (non-hydrogen) atoms. The minimum atomic E-state index is 0.868. The first-order valence-corrected chi connectivity index (χ1v) is 9.87. The highest BCUT2D eigenvalue weighted by atomic mass is 14.5. The van der Waals surface area contributed by atoms with E-state index in [1.54, 1.807) is 19.3 Å². The van der Waals surface area contributed by atoms with Gasteiger partial charge in [-0.1, -0.05) is 52.0 Å². The van der Waals surface area contributed by atoms with Gasteiger partial charge in [-0.05, 0) is 73.5 Å². The van der Waals surface area contributed by atoms with Crippen LogP contribution in [0.4, 0.5) is 0 Å². The highest BCUT2D eigenvalue weighted by Gasteiger charge is 2.47. The van der Waals surface area contributed by atoms with Gasteiger partial charge in [0, 0.05) is 0 Å². The van der Waals surface area contributed by atoms with Crippen molar-refractivity contribution in [1.82, 2.24) is 0 Å². The standard InChI is InChI=1S/C21H36/c1-4-7-19-18(17-11-12-17)13-10-15(3)8-6-9-20(19)21-14-16(21)5-2/h5,15-21H,2,4,6-14H2,1,3H3. The van der Waals surface area contributed by atoms with Crippen LogP contribution in [0, 0.1) is 41.4 Å². The van der Waals surface area contributed by atoms with Crippen molar-refractivity contribution in [2.24, 2.45) is 41.4 Å². The van der Waals surface area contributed by atoms with E-state index < -0.39 is 0 Å². The molecule has 3 aliphatic carbocycles. The lowest BCUT2D eigenvalue weighted by Gasteiger charge is -2.34. The second-order valence-corrected chi connectivity index (χ2v) is 8.53. The summed E-state index contributed by atoms with van der Waals surface area (Å²) in [5.74, 6) is 7.10. The van der Waals surface area contributed by atoms with Crippen LogP contribution >= 0.6 is 0 Å². The quantitative estimate of drug-likeness (QED) is 0.509. The summed E-state index contributed by atoms with van der Waals surface area (Å²) in [6, 6.07) is 0. The molecule has 0 amide bonds. The van der Waals surface area contributed by atoms with Crippen LogP contribution in [-0.2, 0) is 0 Å². The molecular weight excluding hydrogens is 252 g/mol. The minimum Gasteiger partial charge on any atom is -0.103 e. The Morgan fingerprint density at radius 3 is 2.38 bits per heavy atom. The van der Waals surface area contributed by atoms with Crippen molar-refractivity contribution < 1.29 is 0 Å². The Balaban J connectivity index is 1.76. The fourth-order valence-electron chi connectivity index (χ4n) is 5.47. The maximum atomic E-state index is 4.08. The SMILES string of the molecule is C=CC1CC1C1CCCC(C)CCC(C2CC2)C1CCC. The molecule has 0 saturated heterocycles. The van der Waals surface area contributed by atoms with Crippen LogP contribution in [0.1, 0.15) is 78.1 Å². The maximum absolute atomic E-state index is 4.08. The lowest BCUT2D eigenvalue weighted by Crippen LogP contribution is -2.27. The molecule has 3 saturated carbocycles. The van der Waals surface area contributed by atoms with E-state index >= 15 is 0 Å². The third kappa shape index (κ3) is 3.74. The van der Waals surface area contributed by atoms with Gasteiger partial charge in [0.05, 0.1) is 0 Å². The summed E-state index contributed by atoms with van der Waals surface area (Å²) in [5.41, 5.74) is 0. The van der Waals surface area contributed by atoms with E-state index in [2.05, 4.69) is 26.5 Å². The van der Waals surface area contributed by atoms with E-state index in [-0.39, 0.29) is 0 Å². The molecule has 0 bridgehead atoms. The Bertz CT molecular complexity index is 340. The van der Waals surface area contributed by atoms with Crippen LogP contribution in [0.15, 0.2) is 12.7 Å². The topological polar surface area (TPSA) is 0 Å². The van der Waals surface area contributed by atoms with Crippen LogP contribution < -0.4 is 0 Å². The molecule has 0 heterocycles. The third-order valence-electron chi connectivity index (χ3n) is 6.92. The molecule has 0 spiro atoms. The van der Waals surface area contributed by atoms with Gasteiger partial charge in [-0.25, -0.2) is 0 Å². The van der Waals surface area contributed by atoms with Gasteiger partial charge in [0.15, 0.2) is 0 Å². The molecule has 0 N–H and O–H groups in total. The lowest BCUT2D eigenvalue weighted by atomic mass is 9.71. The van der Waals surface area contributed by atoms with Crippen molar-refractivity contribution in [2.45, 2.75) is 78.1 Å². The van der Waals surface area contributed by atoms with Crippen molar-refractivity contribution in [2.75, 3.05) is 0 Å². The molecule has 6 atom stereocenters. The maximum Gasteiger partial charge on any atom is -0.0202 e. The fourth-order valence-corrected chi connectivity index (χ4v) is 5.47. The average molecular weight is 289 g/mol. The monoisotopic (exact) mass is 288 g/mol. The first-order valence-electron chi connectivity index (χ1n) is 9.87. The molecule has 3 fully saturated rings. The second kappa shape index (κ2) is 6.88. The molecule has 0 aromatic carbocycles. The van der Waals surface area contributed by atoms with Gasteiger partial charge >= 0.3 is 0 Å². The van der Waals surface area contributed by atoms with Crippen LogP contribution in [0.3, 0.4) is 0 Å². The van der Waals surface area contributed by atoms with Gasteiger partial charge in [0.25, 0.3) is 0 Å². The van der Waals surface area contributed by atoms with Crippen molar-refractivity contribution in [1.29, 1.82) is 0 Å². The van der Waals surface area contributed by atoms with E-state index in [4.69, 9.17) is 0 Å². The van der Waals surface area contributed by atoms with Gasteiger partial charge < -0.3 is 0 Å². The molecule has 3 rings (SSSR count). The molecule has 6 unspecified atom stereocenters. The van der Waals surface area contributed by atoms with Crippen LogP contribution in [0.5, 0.6) is 0 Å². The average Bonchev–Trinajstić information content (AvgIpc) is 3.35. The van der Waals surface area contributed by atoms with E-state index in [1.807, 2.05) is 0 Å². The predicted molar refractivity (Wildman–Crippen MR) is 92.1 cm³/mol. The number of hydrogen-bond acceptors (Lipinski definition) is 0. The predicted octanol–water partition coefficient (Wildman–Crippen LogP) is 6.47. The van der Waals surface area contributed by atoms with Crippen LogP contribution in [-0.4, -0.2) is 0 Å². The molecule has 0 aliphatic heterocycles. The Morgan fingerprint density at radius 1 is 0.952 bits per heavy atom. The molecule has 0 radical (unpaired) electrons. The van der Waals surface area contributed by atoms with Gasteiger partial charge in [-0.15, -0.1) is 6.58 Å². The molecule has 120 valence electrons. The van der Waals surface area contributed by atoms with E-state index in [0.717, 1.165) is 41.4 Å². The van der Waals surface area contributed by atoms with Crippen LogP contribution in [0.25, 0.3) is 0 Å². The fraction of sp³-hybridized carbons (Fsp3) is 0.905. The third-order valence-corrected chi connectivity index (χ3v) is 6.92. The lowest BCUT2D eigenvalue weighted by molar-refractivity contribution is 0.149. The zero-order valence-corrected chi connectivity index (χ0v) is 14.4. The highest BCUT2D eigenvalue weighted by Crippen LogP contribution is 2.56. The summed E-state index contributed by atoms with van der Waals surface area (Å²) >= 11 is 0. The second-order valence-electron chi connectivity index (χ2n) is 8.53. The Labute approximate surface area is 132 Å². The Morgan fingerprint density at radius 2 is 1.76 bits per heavy atom. The van der Waals surface area contributed by atoms with Gasteiger partial charge in [-0.3, -0.25) is 0 Å². The summed E-state index contributed by atoms with van der Waals surface area (Å²) in [5, 5.41) is 0. The van der Waals surface area contributed by atoms with E-state index in [0.29, 0.717) is 0 Å². The van der Waals surface area contributed by atoms with Gasteiger partial charge in [-0.2, -0.15) is 0 Å². The number of hydrogen-bond donors (Lipinski definition) is 0. The molecule has 0 heteroatoms. The first kappa shape index (κ1) is 15.6. The molecule has 0 aromatic heterocycles. The van der Waals surface area contributed by atoms with E-state index in [9.17, 15) is 0 Å². The van der Waals surface area contributed by atoms with E-state index in [1.165, 1.54) is 44.9 Å². The summed E-state index contributed by atoms with van der Waals surface area (Å²) < 4.78 is 0. The number of allylic oxidation sites excluding steroid dienone is 1. The van der Waals surface area contributed by atoms with Crippen molar-refractivity contribution in [3.8, 4) is 0 Å². The van der Waals surface area contributed by atoms with Crippen molar-refractivity contribution in [3.63, 3.8) is 0 Å². The molecular formula is C21H36. The molecule has 0 nitrogen and oxygen atoms in total. The molecule has 0 aromatic rings. The smallest absolute Gasteiger partial charge is 0.0202 e. The minimum absolute atomic E-state index is 0.868. The largest absolute Gasteiger partial charge is 0.103 e. The normalized spacial score (nSPS) is 44.5. The zero-order chi connectivity index (χ0) is 14.8. The summed E-state index contributed by atoms with van der Waals surface area (Å²) in [6.45, 7) is 8.99. The first-order chi connectivity index (χ1) is 10.2. The van der Waals surface area contributed by atoms with Crippen molar-refractivity contribution in [3.05, 3.63) is 12.7 Å². The summed E-state index contributed by atoms with van der Waals surface area (Å²) in [6.07, 6.45) is 17.2. The Hall–Kier alpha value is -0.260. The van der Waals surface area contributed by atoms with Crippen LogP contribution in [0.2, 0.25) is 0 Å². The number of rotatable bonds is 5. The summed E-state index contributed by atoms with van der Waals surface area (Å²) in [7, 11) is 0. The van der Waals surface area contributed by atoms with Gasteiger partial charge in [0.2, 0.25) is 0 Å². The molecule has 3 aliphatic rings. The Kier molecular flexibility index (Phi) is 5.12.